The highest BCUT2D eigenvalue weighted by Gasteiger charge is 2.21. The number of nitrogens with one attached hydrogen (secondary N) is 2. The number of likely N-dealkylation sites (N-methyl/N-ethyl adjacent to an activating group) is 1. The van der Waals surface area contributed by atoms with Gasteiger partial charge < -0.3 is 15.5 Å². The molecule has 0 spiro atoms. The molecule has 21 heavy (non-hydrogen) atoms. The van der Waals surface area contributed by atoms with Gasteiger partial charge in [-0.1, -0.05) is 11.6 Å². The van der Waals surface area contributed by atoms with Gasteiger partial charge in [0.2, 0.25) is 0 Å². The Morgan fingerprint density at radius 3 is 2.57 bits per heavy atom. The maximum Gasteiger partial charge on any atom is 0.294 e. The van der Waals surface area contributed by atoms with Crippen LogP contribution < -0.4 is 10.6 Å². The van der Waals surface area contributed by atoms with Crippen LogP contribution in [0.5, 0.6) is 0 Å². The first kappa shape index (κ1) is 17.2. The number of benzene rings is 1. The largest absolute Gasteiger partial charge is 0.381 e. The zero-order valence-electron chi connectivity index (χ0n) is 12.4. The van der Waals surface area contributed by atoms with Gasteiger partial charge in [0.15, 0.2) is 0 Å². The molecule has 0 saturated carbocycles. The van der Waals surface area contributed by atoms with Crippen LogP contribution in [0, 0.1) is 10.1 Å². The van der Waals surface area contributed by atoms with E-state index in [2.05, 4.69) is 10.6 Å². The van der Waals surface area contributed by atoms with Crippen molar-refractivity contribution in [2.75, 3.05) is 33.0 Å². The fraction of sp³-hybridized carbons (Fsp3) is 0.462. The third-order valence-corrected chi connectivity index (χ3v) is 3.09. The van der Waals surface area contributed by atoms with Crippen LogP contribution in [0.25, 0.3) is 0 Å². The van der Waals surface area contributed by atoms with Crippen molar-refractivity contribution in [3.63, 3.8) is 0 Å². The monoisotopic (exact) mass is 314 g/mol. The fourth-order valence-corrected chi connectivity index (χ4v) is 2.32. The van der Waals surface area contributed by atoms with Crippen LogP contribution in [0.15, 0.2) is 12.1 Å². The topological polar surface area (TPSA) is 87.5 Å². The molecule has 0 saturated heterocycles. The maximum atomic E-state index is 12.1. The van der Waals surface area contributed by atoms with E-state index in [1.807, 2.05) is 25.9 Å². The lowest BCUT2D eigenvalue weighted by molar-refractivity contribution is -0.383. The molecule has 0 aliphatic rings. The molecule has 1 rings (SSSR count). The average molecular weight is 315 g/mol. The number of nitro groups is 1. The minimum absolute atomic E-state index is 0.0886. The number of halogens is 1. The second-order valence-electron chi connectivity index (χ2n) is 5.00. The van der Waals surface area contributed by atoms with Crippen molar-refractivity contribution in [3.05, 3.63) is 32.8 Å². The van der Waals surface area contributed by atoms with Gasteiger partial charge in [-0.05, 0) is 27.1 Å². The van der Waals surface area contributed by atoms with Gasteiger partial charge in [-0.3, -0.25) is 14.9 Å². The summed E-state index contributed by atoms with van der Waals surface area (Å²) in [5.74, 6) is -0.392. The molecule has 0 aliphatic heterocycles. The Balaban J connectivity index is 3.03. The third-order valence-electron chi connectivity index (χ3n) is 2.79. The lowest BCUT2D eigenvalue weighted by Crippen LogP contribution is -2.39. The molecule has 1 aromatic rings. The number of hydrogen-bond donors (Lipinski definition) is 2. The number of hydrogen-bond acceptors (Lipinski definition) is 5. The van der Waals surface area contributed by atoms with Gasteiger partial charge in [0.05, 0.1) is 9.95 Å². The van der Waals surface area contributed by atoms with Crippen molar-refractivity contribution in [1.29, 1.82) is 0 Å². The molecule has 8 heteroatoms. The molecular weight excluding hydrogens is 296 g/mol. The number of rotatable bonds is 6. The number of nitrogens with zero attached hydrogens (tertiary/aromatic N) is 2. The molecule has 1 atom stereocenters. The number of carbonyl (C=O) groups is 1. The SMILES string of the molecule is CNc1c(Cl)cc(C(=O)NC(C)CN(C)C)cc1[N+](=O)[O-]. The van der Waals surface area contributed by atoms with Crippen LogP contribution >= 0.6 is 11.6 Å². The van der Waals surface area contributed by atoms with Gasteiger partial charge in [-0.25, -0.2) is 0 Å². The molecule has 0 aliphatic carbocycles. The Morgan fingerprint density at radius 1 is 1.48 bits per heavy atom. The Morgan fingerprint density at radius 2 is 2.10 bits per heavy atom. The van der Waals surface area contributed by atoms with Crippen LogP contribution in [0.4, 0.5) is 11.4 Å². The van der Waals surface area contributed by atoms with Gasteiger partial charge in [0.1, 0.15) is 5.69 Å². The summed E-state index contributed by atoms with van der Waals surface area (Å²) in [6, 6.07) is 2.54. The Hall–Kier alpha value is -1.86. The second-order valence-corrected chi connectivity index (χ2v) is 5.40. The molecule has 1 unspecified atom stereocenters. The summed E-state index contributed by atoms with van der Waals surface area (Å²) in [5.41, 5.74) is 0.131. The minimum Gasteiger partial charge on any atom is -0.381 e. The zero-order chi connectivity index (χ0) is 16.2. The molecule has 0 heterocycles. The molecule has 0 radical (unpaired) electrons. The molecule has 2 N–H and O–H groups in total. The molecule has 0 aromatic heterocycles. The van der Waals surface area contributed by atoms with E-state index in [4.69, 9.17) is 11.6 Å². The van der Waals surface area contributed by atoms with Crippen molar-refractivity contribution in [3.8, 4) is 0 Å². The lowest BCUT2D eigenvalue weighted by atomic mass is 10.1. The molecule has 0 fully saturated rings. The highest BCUT2D eigenvalue weighted by Crippen LogP contribution is 2.33. The van der Waals surface area contributed by atoms with E-state index in [0.717, 1.165) is 0 Å². The standard InChI is InChI=1S/C13H19ClN4O3/c1-8(7-17(3)4)16-13(19)9-5-10(14)12(15-2)11(6-9)18(20)21/h5-6,8,15H,7H2,1-4H3,(H,16,19). The summed E-state index contributed by atoms with van der Waals surface area (Å²) in [5, 5.41) is 16.6. The first-order chi connectivity index (χ1) is 9.76. The third kappa shape index (κ3) is 4.57. The van der Waals surface area contributed by atoms with E-state index in [-0.39, 0.29) is 28.0 Å². The van der Waals surface area contributed by atoms with Crippen molar-refractivity contribution in [1.82, 2.24) is 10.2 Å². The quantitative estimate of drug-likeness (QED) is 0.619. The molecule has 116 valence electrons. The number of nitro benzene ring substituents is 1. The van der Waals surface area contributed by atoms with Crippen LogP contribution in [-0.4, -0.2) is 49.5 Å². The smallest absolute Gasteiger partial charge is 0.294 e. The Kier molecular flexibility index (Phi) is 5.92. The zero-order valence-corrected chi connectivity index (χ0v) is 13.2. The lowest BCUT2D eigenvalue weighted by Gasteiger charge is -2.18. The number of carbonyl (C=O) groups excluding carboxylic acids is 1. The molecular formula is C13H19ClN4O3. The highest BCUT2D eigenvalue weighted by molar-refractivity contribution is 6.34. The summed E-state index contributed by atoms with van der Waals surface area (Å²) >= 11 is 5.99. The number of amides is 1. The Bertz CT molecular complexity index is 548. The van der Waals surface area contributed by atoms with Crippen molar-refractivity contribution < 1.29 is 9.72 Å². The molecule has 1 aromatic carbocycles. The fourth-order valence-electron chi connectivity index (χ4n) is 2.02. The molecule has 1 amide bonds. The summed E-state index contributed by atoms with van der Waals surface area (Å²) < 4.78 is 0. The van der Waals surface area contributed by atoms with Gasteiger partial charge in [0.25, 0.3) is 11.6 Å². The van der Waals surface area contributed by atoms with Crippen LogP contribution in [-0.2, 0) is 0 Å². The normalized spacial score (nSPS) is 12.1. The molecule has 7 nitrogen and oxygen atoms in total. The Labute approximate surface area is 128 Å². The number of anilines is 1. The first-order valence-corrected chi connectivity index (χ1v) is 6.75. The van der Waals surface area contributed by atoms with E-state index in [1.54, 1.807) is 0 Å². The van der Waals surface area contributed by atoms with Gasteiger partial charge >= 0.3 is 0 Å². The predicted octanol–water partition coefficient (Wildman–Crippen LogP) is 1.97. The van der Waals surface area contributed by atoms with Crippen molar-refractivity contribution >= 4 is 28.9 Å². The van der Waals surface area contributed by atoms with E-state index in [1.165, 1.54) is 19.2 Å². The first-order valence-electron chi connectivity index (χ1n) is 6.37. The van der Waals surface area contributed by atoms with Crippen molar-refractivity contribution in [2.45, 2.75) is 13.0 Å². The molecule has 0 bridgehead atoms. The van der Waals surface area contributed by atoms with Gasteiger partial charge in [0, 0.05) is 31.3 Å². The minimum atomic E-state index is -0.572. The highest BCUT2D eigenvalue weighted by atomic mass is 35.5. The maximum absolute atomic E-state index is 12.1. The predicted molar refractivity (Wildman–Crippen MR) is 83.1 cm³/mol. The van der Waals surface area contributed by atoms with E-state index in [9.17, 15) is 14.9 Å². The van der Waals surface area contributed by atoms with Crippen LogP contribution in [0.3, 0.4) is 0 Å². The van der Waals surface area contributed by atoms with E-state index in [0.29, 0.717) is 6.54 Å². The van der Waals surface area contributed by atoms with Gasteiger partial charge in [-0.2, -0.15) is 0 Å². The van der Waals surface area contributed by atoms with Crippen LogP contribution in [0.1, 0.15) is 17.3 Å². The van der Waals surface area contributed by atoms with Crippen molar-refractivity contribution in [2.24, 2.45) is 0 Å². The second kappa shape index (κ2) is 7.24. The van der Waals surface area contributed by atoms with E-state index >= 15 is 0 Å². The summed E-state index contributed by atoms with van der Waals surface area (Å²) in [4.78, 5) is 24.5. The average Bonchev–Trinajstić information content (AvgIpc) is 2.36. The summed E-state index contributed by atoms with van der Waals surface area (Å²) in [6.45, 7) is 2.52. The summed E-state index contributed by atoms with van der Waals surface area (Å²) in [7, 11) is 5.32. The van der Waals surface area contributed by atoms with E-state index < -0.39 is 10.8 Å². The summed E-state index contributed by atoms with van der Waals surface area (Å²) in [6.07, 6.45) is 0. The van der Waals surface area contributed by atoms with Gasteiger partial charge in [-0.15, -0.1) is 0 Å². The van der Waals surface area contributed by atoms with Crippen LogP contribution in [0.2, 0.25) is 5.02 Å².